The third-order valence-corrected chi connectivity index (χ3v) is 3.58. The molecule has 2 N–H and O–H groups in total. The van der Waals surface area contributed by atoms with Gasteiger partial charge in [0.05, 0.1) is 19.9 Å². The van der Waals surface area contributed by atoms with E-state index >= 15 is 0 Å². The SMILES string of the molecule is CCCNC(=O)c1cccc(C(=O)Nc2cc(OC)ccc2OC)c1. The monoisotopic (exact) mass is 342 g/mol. The van der Waals surface area contributed by atoms with Crippen LogP contribution in [0.15, 0.2) is 42.5 Å². The van der Waals surface area contributed by atoms with Crippen molar-refractivity contribution in [3.8, 4) is 11.5 Å². The Bertz CT molecular complexity index is 759. The summed E-state index contributed by atoms with van der Waals surface area (Å²) >= 11 is 0. The standard InChI is InChI=1S/C19H22N2O4/c1-4-10-20-18(22)13-6-5-7-14(11-13)19(23)21-16-12-15(24-2)8-9-17(16)25-3/h5-9,11-12H,4,10H2,1-3H3,(H,20,22)(H,21,23). The lowest BCUT2D eigenvalue weighted by Crippen LogP contribution is -2.24. The molecule has 0 saturated heterocycles. The van der Waals surface area contributed by atoms with E-state index in [2.05, 4.69) is 10.6 Å². The molecule has 0 atom stereocenters. The lowest BCUT2D eigenvalue weighted by molar-refractivity contribution is 0.0953. The number of methoxy groups -OCH3 is 2. The average Bonchev–Trinajstić information content (AvgIpc) is 2.66. The number of ether oxygens (including phenoxy) is 2. The summed E-state index contributed by atoms with van der Waals surface area (Å²) in [4.78, 5) is 24.6. The molecule has 25 heavy (non-hydrogen) atoms. The highest BCUT2D eigenvalue weighted by atomic mass is 16.5. The van der Waals surface area contributed by atoms with Crippen molar-refractivity contribution in [3.05, 3.63) is 53.6 Å². The number of nitrogens with one attached hydrogen (secondary N) is 2. The molecule has 0 aromatic heterocycles. The normalized spacial score (nSPS) is 10.0. The highest BCUT2D eigenvalue weighted by molar-refractivity contribution is 6.06. The minimum Gasteiger partial charge on any atom is -0.497 e. The Morgan fingerprint density at radius 1 is 0.960 bits per heavy atom. The smallest absolute Gasteiger partial charge is 0.255 e. The predicted octanol–water partition coefficient (Wildman–Crippen LogP) is 3.10. The number of anilines is 1. The van der Waals surface area contributed by atoms with Crippen LogP contribution in [0.5, 0.6) is 11.5 Å². The molecule has 2 rings (SSSR count). The number of amides is 2. The number of carbonyl (C=O) groups is 2. The van der Waals surface area contributed by atoms with Gasteiger partial charge in [-0.25, -0.2) is 0 Å². The average molecular weight is 342 g/mol. The summed E-state index contributed by atoms with van der Waals surface area (Å²) < 4.78 is 10.4. The van der Waals surface area contributed by atoms with Crippen molar-refractivity contribution in [1.29, 1.82) is 0 Å². The van der Waals surface area contributed by atoms with Gasteiger partial charge in [-0.1, -0.05) is 13.0 Å². The van der Waals surface area contributed by atoms with Crippen molar-refractivity contribution in [2.75, 3.05) is 26.1 Å². The van der Waals surface area contributed by atoms with Gasteiger partial charge in [-0.15, -0.1) is 0 Å². The topological polar surface area (TPSA) is 76.7 Å². The molecule has 0 fully saturated rings. The van der Waals surface area contributed by atoms with Crippen molar-refractivity contribution in [3.63, 3.8) is 0 Å². The van der Waals surface area contributed by atoms with Gasteiger partial charge in [-0.3, -0.25) is 9.59 Å². The lowest BCUT2D eigenvalue weighted by Gasteiger charge is -2.12. The second-order valence-corrected chi connectivity index (χ2v) is 5.36. The summed E-state index contributed by atoms with van der Waals surface area (Å²) in [5.41, 5.74) is 1.32. The van der Waals surface area contributed by atoms with Gasteiger partial charge >= 0.3 is 0 Å². The van der Waals surface area contributed by atoms with Crippen LogP contribution < -0.4 is 20.1 Å². The van der Waals surface area contributed by atoms with E-state index in [1.165, 1.54) is 7.11 Å². The molecule has 0 aliphatic carbocycles. The molecular formula is C19H22N2O4. The highest BCUT2D eigenvalue weighted by Gasteiger charge is 2.13. The maximum Gasteiger partial charge on any atom is 0.255 e. The molecule has 6 heteroatoms. The van der Waals surface area contributed by atoms with E-state index in [0.29, 0.717) is 34.9 Å². The molecule has 0 aliphatic heterocycles. The summed E-state index contributed by atoms with van der Waals surface area (Å²) in [6.07, 6.45) is 0.849. The fourth-order valence-corrected chi connectivity index (χ4v) is 2.25. The van der Waals surface area contributed by atoms with E-state index in [1.807, 2.05) is 6.92 Å². The van der Waals surface area contributed by atoms with Crippen molar-refractivity contribution >= 4 is 17.5 Å². The Morgan fingerprint density at radius 2 is 1.68 bits per heavy atom. The summed E-state index contributed by atoms with van der Waals surface area (Å²) in [7, 11) is 3.07. The number of hydrogen-bond acceptors (Lipinski definition) is 4. The van der Waals surface area contributed by atoms with E-state index in [4.69, 9.17) is 9.47 Å². The van der Waals surface area contributed by atoms with Crippen LogP contribution in [-0.4, -0.2) is 32.6 Å². The van der Waals surface area contributed by atoms with E-state index < -0.39 is 0 Å². The largest absolute Gasteiger partial charge is 0.497 e. The number of carbonyl (C=O) groups excluding carboxylic acids is 2. The van der Waals surface area contributed by atoms with Crippen LogP contribution in [0, 0.1) is 0 Å². The van der Waals surface area contributed by atoms with Crippen LogP contribution in [0.4, 0.5) is 5.69 Å². The zero-order valence-electron chi connectivity index (χ0n) is 14.6. The fourth-order valence-electron chi connectivity index (χ4n) is 2.25. The maximum atomic E-state index is 12.5. The summed E-state index contributed by atoms with van der Waals surface area (Å²) in [6.45, 7) is 2.57. The zero-order valence-corrected chi connectivity index (χ0v) is 14.6. The van der Waals surface area contributed by atoms with Crippen LogP contribution in [0.1, 0.15) is 34.1 Å². The van der Waals surface area contributed by atoms with Crippen LogP contribution in [0.2, 0.25) is 0 Å². The van der Waals surface area contributed by atoms with Crippen molar-refractivity contribution < 1.29 is 19.1 Å². The molecule has 0 saturated carbocycles. The molecule has 0 radical (unpaired) electrons. The molecule has 0 bridgehead atoms. The van der Waals surface area contributed by atoms with Crippen molar-refractivity contribution in [1.82, 2.24) is 5.32 Å². The minimum atomic E-state index is -0.336. The molecule has 0 aliphatic rings. The van der Waals surface area contributed by atoms with Gasteiger partial charge in [0, 0.05) is 23.7 Å². The summed E-state index contributed by atoms with van der Waals surface area (Å²) in [5, 5.41) is 5.58. The number of rotatable bonds is 7. The van der Waals surface area contributed by atoms with Crippen LogP contribution in [0.3, 0.4) is 0 Å². The van der Waals surface area contributed by atoms with Gasteiger partial charge < -0.3 is 20.1 Å². The molecule has 2 aromatic rings. The third kappa shape index (κ3) is 4.73. The molecule has 132 valence electrons. The first kappa shape index (κ1) is 18.3. The van der Waals surface area contributed by atoms with Gasteiger partial charge in [0.25, 0.3) is 11.8 Å². The Hall–Kier alpha value is -3.02. The van der Waals surface area contributed by atoms with Gasteiger partial charge in [0.2, 0.25) is 0 Å². The fraction of sp³-hybridized carbons (Fsp3) is 0.263. The Balaban J connectivity index is 2.20. The first-order valence-corrected chi connectivity index (χ1v) is 8.00. The third-order valence-electron chi connectivity index (χ3n) is 3.58. The Kier molecular flexibility index (Phi) is 6.39. The zero-order chi connectivity index (χ0) is 18.2. The van der Waals surface area contributed by atoms with Crippen molar-refractivity contribution in [2.45, 2.75) is 13.3 Å². The Labute approximate surface area is 147 Å². The predicted molar refractivity (Wildman–Crippen MR) is 96.6 cm³/mol. The summed E-state index contributed by atoms with van der Waals surface area (Å²) in [5.74, 6) is 0.585. The lowest BCUT2D eigenvalue weighted by atomic mass is 10.1. The van der Waals surface area contributed by atoms with E-state index in [9.17, 15) is 9.59 Å². The molecule has 6 nitrogen and oxygen atoms in total. The molecular weight excluding hydrogens is 320 g/mol. The van der Waals surface area contributed by atoms with Crippen LogP contribution in [-0.2, 0) is 0 Å². The highest BCUT2D eigenvalue weighted by Crippen LogP contribution is 2.29. The van der Waals surface area contributed by atoms with Gasteiger partial charge in [0.15, 0.2) is 0 Å². The molecule has 2 amide bonds. The second kappa shape index (κ2) is 8.73. The van der Waals surface area contributed by atoms with E-state index in [1.54, 1.807) is 49.6 Å². The minimum absolute atomic E-state index is 0.199. The molecule has 2 aromatic carbocycles. The second-order valence-electron chi connectivity index (χ2n) is 5.36. The van der Waals surface area contributed by atoms with E-state index in [0.717, 1.165) is 6.42 Å². The quantitative estimate of drug-likeness (QED) is 0.811. The molecule has 0 unspecified atom stereocenters. The number of benzene rings is 2. The van der Waals surface area contributed by atoms with Crippen LogP contribution >= 0.6 is 0 Å². The Morgan fingerprint density at radius 3 is 2.32 bits per heavy atom. The maximum absolute atomic E-state index is 12.5. The number of hydrogen-bond donors (Lipinski definition) is 2. The van der Waals surface area contributed by atoms with Gasteiger partial charge in [-0.05, 0) is 36.8 Å². The first-order valence-electron chi connectivity index (χ1n) is 8.00. The summed E-state index contributed by atoms with van der Waals surface area (Å²) in [6, 6.07) is 11.7. The van der Waals surface area contributed by atoms with Gasteiger partial charge in [0.1, 0.15) is 11.5 Å². The van der Waals surface area contributed by atoms with Crippen LogP contribution in [0.25, 0.3) is 0 Å². The van der Waals surface area contributed by atoms with Crippen molar-refractivity contribution in [2.24, 2.45) is 0 Å². The van der Waals surface area contributed by atoms with Gasteiger partial charge in [-0.2, -0.15) is 0 Å². The molecule has 0 heterocycles. The molecule has 0 spiro atoms. The van der Waals surface area contributed by atoms with E-state index in [-0.39, 0.29) is 11.8 Å². The first-order chi connectivity index (χ1) is 12.1.